The number of non-ortho nitro benzene ring substituents is 1. The van der Waals surface area contributed by atoms with Crippen molar-refractivity contribution in [1.82, 2.24) is 0 Å². The minimum Gasteiger partial charge on any atom is -0.442 e. The van der Waals surface area contributed by atoms with E-state index in [1.165, 1.54) is 18.2 Å². The molecule has 0 spiro atoms. The summed E-state index contributed by atoms with van der Waals surface area (Å²) in [7, 11) is 0. The molecule has 0 aliphatic carbocycles. The van der Waals surface area contributed by atoms with Crippen LogP contribution >= 0.6 is 15.9 Å². The summed E-state index contributed by atoms with van der Waals surface area (Å²) in [4.78, 5) is 21.1. The van der Waals surface area contributed by atoms with E-state index in [0.29, 0.717) is 5.56 Å². The number of hydrogen-bond acceptors (Lipinski definition) is 4. The maximum atomic E-state index is 11.2. The van der Waals surface area contributed by atoms with E-state index >= 15 is 0 Å². The van der Waals surface area contributed by atoms with Gasteiger partial charge >= 0.3 is 5.97 Å². The Kier molecular flexibility index (Phi) is 1.99. The zero-order valence-electron chi connectivity index (χ0n) is 6.77. The van der Waals surface area contributed by atoms with Gasteiger partial charge in [0.15, 0.2) is 5.01 Å². The number of alkyl halides is 1. The highest BCUT2D eigenvalue weighted by atomic mass is 79.9. The van der Waals surface area contributed by atoms with Gasteiger partial charge in [-0.25, -0.2) is 4.79 Å². The number of nitro benzene ring substituents is 1. The summed E-state index contributed by atoms with van der Waals surface area (Å²) < 4.78 is 4.82. The van der Waals surface area contributed by atoms with Gasteiger partial charge in [-0.3, -0.25) is 10.1 Å². The Labute approximate surface area is 87.0 Å². The fraction of sp³-hybridized carbons (Fsp3) is 0.125. The standard InChI is InChI=1S/C8H4BrNO4/c9-7-5-2-1-4(10(12)13)3-6(5)8(11)14-7/h1-3,7H. The molecule has 0 aromatic heterocycles. The van der Waals surface area contributed by atoms with Crippen molar-refractivity contribution in [2.45, 2.75) is 5.01 Å². The summed E-state index contributed by atoms with van der Waals surface area (Å²) in [5, 5.41) is 9.94. The third kappa shape index (κ3) is 1.27. The molecule has 72 valence electrons. The van der Waals surface area contributed by atoms with Crippen molar-refractivity contribution in [2.24, 2.45) is 0 Å². The number of carbonyl (C=O) groups is 1. The Balaban J connectivity index is 2.55. The minimum absolute atomic E-state index is 0.109. The largest absolute Gasteiger partial charge is 0.442 e. The first-order valence-electron chi connectivity index (χ1n) is 3.73. The molecule has 0 saturated heterocycles. The summed E-state index contributed by atoms with van der Waals surface area (Å²) in [5.74, 6) is -0.537. The molecule has 0 bridgehead atoms. The number of halogens is 1. The Morgan fingerprint density at radius 1 is 1.50 bits per heavy atom. The smallest absolute Gasteiger partial charge is 0.340 e. The number of ether oxygens (including phenoxy) is 1. The van der Waals surface area contributed by atoms with Crippen LogP contribution in [0.5, 0.6) is 0 Å². The second kappa shape index (κ2) is 3.06. The number of fused-ring (bicyclic) bond motifs is 1. The van der Waals surface area contributed by atoms with E-state index < -0.39 is 15.9 Å². The van der Waals surface area contributed by atoms with Gasteiger partial charge in [-0.2, -0.15) is 0 Å². The van der Waals surface area contributed by atoms with Crippen LogP contribution in [0.2, 0.25) is 0 Å². The first-order chi connectivity index (χ1) is 6.59. The minimum atomic E-state index is -0.547. The molecule has 0 amide bonds. The molecule has 1 heterocycles. The summed E-state index contributed by atoms with van der Waals surface area (Å²) in [5.41, 5.74) is 0.768. The van der Waals surface area contributed by atoms with Gasteiger partial charge in [-0.05, 0) is 22.0 Å². The van der Waals surface area contributed by atoms with E-state index in [9.17, 15) is 14.9 Å². The molecule has 2 rings (SSSR count). The van der Waals surface area contributed by atoms with Gasteiger partial charge in [0.1, 0.15) is 0 Å². The van der Waals surface area contributed by atoms with Crippen molar-refractivity contribution >= 4 is 27.6 Å². The van der Waals surface area contributed by atoms with Crippen LogP contribution < -0.4 is 0 Å². The quantitative estimate of drug-likeness (QED) is 0.335. The molecule has 1 aromatic carbocycles. The van der Waals surface area contributed by atoms with Crippen LogP contribution in [0.15, 0.2) is 18.2 Å². The Morgan fingerprint density at radius 2 is 2.21 bits per heavy atom. The van der Waals surface area contributed by atoms with Crippen LogP contribution in [0, 0.1) is 10.1 Å². The van der Waals surface area contributed by atoms with Crippen molar-refractivity contribution in [3.05, 3.63) is 39.4 Å². The Morgan fingerprint density at radius 3 is 2.86 bits per heavy atom. The molecule has 1 aromatic rings. The van der Waals surface area contributed by atoms with Crippen LogP contribution in [-0.4, -0.2) is 10.9 Å². The lowest BCUT2D eigenvalue weighted by molar-refractivity contribution is -0.384. The molecule has 1 atom stereocenters. The van der Waals surface area contributed by atoms with E-state index in [1.807, 2.05) is 0 Å². The third-order valence-corrected chi connectivity index (χ3v) is 2.60. The Bertz CT molecular complexity index is 431. The number of esters is 1. The van der Waals surface area contributed by atoms with Crippen molar-refractivity contribution < 1.29 is 14.5 Å². The summed E-state index contributed by atoms with van der Waals surface area (Å²) in [6, 6.07) is 4.08. The Hall–Kier alpha value is -1.43. The molecular formula is C8H4BrNO4. The van der Waals surface area contributed by atoms with Gasteiger partial charge in [0, 0.05) is 17.7 Å². The second-order valence-electron chi connectivity index (χ2n) is 2.75. The van der Waals surface area contributed by atoms with Gasteiger partial charge in [0.05, 0.1) is 10.5 Å². The van der Waals surface area contributed by atoms with Crippen molar-refractivity contribution in [3.8, 4) is 0 Å². The number of carbonyl (C=O) groups excluding carboxylic acids is 1. The predicted molar refractivity (Wildman–Crippen MR) is 50.2 cm³/mol. The molecule has 0 radical (unpaired) electrons. The zero-order chi connectivity index (χ0) is 10.3. The first kappa shape index (κ1) is 9.14. The average molecular weight is 258 g/mol. The normalized spacial score (nSPS) is 18.9. The zero-order valence-corrected chi connectivity index (χ0v) is 8.35. The predicted octanol–water partition coefficient (Wildman–Crippen LogP) is 2.16. The lowest BCUT2D eigenvalue weighted by atomic mass is 10.1. The van der Waals surface area contributed by atoms with Gasteiger partial charge in [0.2, 0.25) is 0 Å². The van der Waals surface area contributed by atoms with Crippen LogP contribution in [0.1, 0.15) is 20.9 Å². The van der Waals surface area contributed by atoms with E-state index in [1.54, 1.807) is 0 Å². The molecule has 1 aliphatic rings. The maximum Gasteiger partial charge on any atom is 0.340 e. The van der Waals surface area contributed by atoms with Crippen molar-refractivity contribution in [3.63, 3.8) is 0 Å². The topological polar surface area (TPSA) is 69.4 Å². The van der Waals surface area contributed by atoms with Gasteiger partial charge in [-0.15, -0.1) is 0 Å². The molecule has 1 unspecified atom stereocenters. The molecule has 0 fully saturated rings. The van der Waals surface area contributed by atoms with E-state index in [-0.39, 0.29) is 11.3 Å². The molecule has 1 aliphatic heterocycles. The van der Waals surface area contributed by atoms with Crippen LogP contribution in [0.4, 0.5) is 5.69 Å². The number of hydrogen-bond donors (Lipinski definition) is 0. The third-order valence-electron chi connectivity index (χ3n) is 1.92. The average Bonchev–Trinajstić information content (AvgIpc) is 2.42. The van der Waals surface area contributed by atoms with Gasteiger partial charge < -0.3 is 4.74 Å². The van der Waals surface area contributed by atoms with Gasteiger partial charge in [0.25, 0.3) is 5.69 Å². The fourth-order valence-electron chi connectivity index (χ4n) is 1.25. The maximum absolute atomic E-state index is 11.2. The lowest BCUT2D eigenvalue weighted by Crippen LogP contribution is -1.95. The van der Waals surface area contributed by atoms with Crippen molar-refractivity contribution in [1.29, 1.82) is 0 Å². The SMILES string of the molecule is O=C1OC(Br)c2ccc([N+](=O)[O-])cc21. The molecule has 14 heavy (non-hydrogen) atoms. The molecule has 5 nitrogen and oxygen atoms in total. The van der Waals surface area contributed by atoms with E-state index in [4.69, 9.17) is 4.74 Å². The highest BCUT2D eigenvalue weighted by Crippen LogP contribution is 2.36. The molecule has 6 heteroatoms. The highest BCUT2D eigenvalue weighted by Gasteiger charge is 2.30. The van der Waals surface area contributed by atoms with E-state index in [2.05, 4.69) is 15.9 Å². The van der Waals surface area contributed by atoms with Gasteiger partial charge in [-0.1, -0.05) is 0 Å². The lowest BCUT2D eigenvalue weighted by Gasteiger charge is -1.98. The number of benzene rings is 1. The van der Waals surface area contributed by atoms with E-state index in [0.717, 1.165) is 0 Å². The summed E-state index contributed by atoms with van der Waals surface area (Å²) in [6.07, 6.45) is 0. The molecule has 0 N–H and O–H groups in total. The van der Waals surface area contributed by atoms with Crippen LogP contribution in [0.3, 0.4) is 0 Å². The fourth-order valence-corrected chi connectivity index (χ4v) is 1.82. The second-order valence-corrected chi connectivity index (χ2v) is 3.58. The number of nitro groups is 1. The highest BCUT2D eigenvalue weighted by molar-refractivity contribution is 9.09. The molecule has 0 saturated carbocycles. The summed E-state index contributed by atoms with van der Waals surface area (Å²) >= 11 is 3.13. The summed E-state index contributed by atoms with van der Waals surface area (Å²) in [6.45, 7) is 0. The monoisotopic (exact) mass is 257 g/mol. The van der Waals surface area contributed by atoms with Crippen molar-refractivity contribution in [2.75, 3.05) is 0 Å². The number of rotatable bonds is 1. The number of cyclic esters (lactones) is 1. The van der Waals surface area contributed by atoms with Crippen LogP contribution in [0.25, 0.3) is 0 Å². The molecular weight excluding hydrogens is 254 g/mol. The van der Waals surface area contributed by atoms with Crippen LogP contribution in [-0.2, 0) is 4.74 Å². The number of nitrogens with zero attached hydrogens (tertiary/aromatic N) is 1. The first-order valence-corrected chi connectivity index (χ1v) is 4.64.